The summed E-state index contributed by atoms with van der Waals surface area (Å²) in [4.78, 5) is 0. The Kier molecular flexibility index (Phi) is 4.86. The van der Waals surface area contributed by atoms with Crippen molar-refractivity contribution in [1.82, 2.24) is 0 Å². The molecule has 6 aromatic rings. The molecule has 0 radical (unpaired) electrons. The Morgan fingerprint density at radius 2 is 0.861 bits per heavy atom. The Hall–Kier alpha value is -4.41. The highest BCUT2D eigenvalue weighted by Gasteiger charge is 2.30. The highest BCUT2D eigenvalue weighted by atomic mass is 32.2. The Bertz CT molecular complexity index is 1660. The quantitative estimate of drug-likeness (QED) is 0.248. The summed E-state index contributed by atoms with van der Waals surface area (Å²) in [5.74, 6) is 1.12. The third kappa shape index (κ3) is 3.30. The summed E-state index contributed by atoms with van der Waals surface area (Å²) in [6.45, 7) is 0. The summed E-state index contributed by atoms with van der Waals surface area (Å²) in [7, 11) is 0. The third-order valence-electron chi connectivity index (χ3n) is 6.73. The molecule has 3 nitrogen and oxygen atoms in total. The number of rotatable bonds is 2. The second kappa shape index (κ2) is 8.36. The van der Waals surface area contributed by atoms with Gasteiger partial charge in [0.1, 0.15) is 0 Å². The molecule has 0 unspecified atom stereocenters. The van der Waals surface area contributed by atoms with E-state index in [1.165, 1.54) is 0 Å². The lowest BCUT2D eigenvalue weighted by atomic mass is 9.86. The van der Waals surface area contributed by atoms with Gasteiger partial charge in [0.25, 0.3) is 0 Å². The lowest BCUT2D eigenvalue weighted by Crippen LogP contribution is -2.07. The minimum absolute atomic E-state index is 0.562. The fourth-order valence-corrected chi connectivity index (χ4v) is 5.80. The first kappa shape index (κ1) is 20.9. The van der Waals surface area contributed by atoms with Gasteiger partial charge in [0.05, 0.1) is 0 Å². The van der Waals surface area contributed by atoms with E-state index in [1.54, 1.807) is 0 Å². The minimum atomic E-state index is -2.03. The molecule has 0 fully saturated rings. The second-order valence-electron chi connectivity index (χ2n) is 8.80. The van der Waals surface area contributed by atoms with E-state index in [2.05, 4.69) is 36.4 Å². The van der Waals surface area contributed by atoms with Crippen LogP contribution in [0.1, 0.15) is 0 Å². The fourth-order valence-electron chi connectivity index (χ4n) is 5.14. The van der Waals surface area contributed by atoms with Crippen LogP contribution in [0.2, 0.25) is 0 Å². The van der Waals surface area contributed by atoms with Crippen LogP contribution < -0.4 is 8.37 Å². The molecule has 172 valence electrons. The highest BCUT2D eigenvalue weighted by Crippen LogP contribution is 2.54. The first-order valence-electron chi connectivity index (χ1n) is 11.8. The van der Waals surface area contributed by atoms with Gasteiger partial charge < -0.3 is 8.37 Å². The van der Waals surface area contributed by atoms with Gasteiger partial charge in [0.2, 0.25) is 0 Å². The van der Waals surface area contributed by atoms with E-state index in [9.17, 15) is 4.21 Å². The molecule has 0 atom stereocenters. The van der Waals surface area contributed by atoms with Crippen molar-refractivity contribution in [3.05, 3.63) is 121 Å². The average molecular weight is 485 g/mol. The first-order chi connectivity index (χ1) is 17.8. The monoisotopic (exact) mass is 484 g/mol. The van der Waals surface area contributed by atoms with E-state index >= 15 is 0 Å². The molecule has 4 heteroatoms. The van der Waals surface area contributed by atoms with E-state index in [4.69, 9.17) is 8.37 Å². The Morgan fingerprint density at radius 1 is 0.472 bits per heavy atom. The van der Waals surface area contributed by atoms with Gasteiger partial charge in [0.15, 0.2) is 11.5 Å². The zero-order valence-corrected chi connectivity index (χ0v) is 20.0. The van der Waals surface area contributed by atoms with Crippen molar-refractivity contribution in [2.45, 2.75) is 0 Å². The lowest BCUT2D eigenvalue weighted by molar-refractivity contribution is 0.470. The summed E-state index contributed by atoms with van der Waals surface area (Å²) < 4.78 is 25.6. The lowest BCUT2D eigenvalue weighted by Gasteiger charge is -2.18. The molecule has 0 saturated heterocycles. The predicted molar refractivity (Wildman–Crippen MR) is 147 cm³/mol. The van der Waals surface area contributed by atoms with Crippen molar-refractivity contribution in [2.24, 2.45) is 0 Å². The van der Waals surface area contributed by atoms with Gasteiger partial charge in [-0.05, 0) is 44.8 Å². The predicted octanol–water partition coefficient (Wildman–Crippen LogP) is 8.34. The SMILES string of the molecule is O=S1Oc2c(-c3ccccc3)cc3ccccc3c2-c2c(c(-c3ccccc3)cc3ccccc23)O1. The molecule has 7 rings (SSSR count). The molecular weight excluding hydrogens is 464 g/mol. The summed E-state index contributed by atoms with van der Waals surface area (Å²) in [5.41, 5.74) is 5.52. The van der Waals surface area contributed by atoms with E-state index < -0.39 is 11.4 Å². The summed E-state index contributed by atoms with van der Waals surface area (Å²) in [6, 6.07) is 40.9. The van der Waals surface area contributed by atoms with Crippen molar-refractivity contribution in [1.29, 1.82) is 0 Å². The maximum absolute atomic E-state index is 13.3. The van der Waals surface area contributed by atoms with Gasteiger partial charge in [-0.2, -0.15) is 4.21 Å². The normalized spacial score (nSPS) is 12.9. The van der Waals surface area contributed by atoms with Crippen LogP contribution in [0.25, 0.3) is 54.9 Å². The topological polar surface area (TPSA) is 35.5 Å². The van der Waals surface area contributed by atoms with Crippen LogP contribution in [0.3, 0.4) is 0 Å². The van der Waals surface area contributed by atoms with Gasteiger partial charge in [-0.3, -0.25) is 0 Å². The number of hydrogen-bond donors (Lipinski definition) is 0. The summed E-state index contributed by atoms with van der Waals surface area (Å²) in [6.07, 6.45) is 0. The summed E-state index contributed by atoms with van der Waals surface area (Å²) in [5, 5.41) is 4.19. The second-order valence-corrected chi connectivity index (χ2v) is 9.54. The van der Waals surface area contributed by atoms with Crippen molar-refractivity contribution in [3.63, 3.8) is 0 Å². The van der Waals surface area contributed by atoms with Crippen LogP contribution in [-0.4, -0.2) is 4.21 Å². The van der Waals surface area contributed by atoms with Crippen molar-refractivity contribution in [3.8, 4) is 44.9 Å². The van der Waals surface area contributed by atoms with Crippen LogP contribution in [0.15, 0.2) is 121 Å². The minimum Gasteiger partial charge on any atom is -0.370 e. The highest BCUT2D eigenvalue weighted by molar-refractivity contribution is 7.76. The number of fused-ring (bicyclic) bond motifs is 7. The van der Waals surface area contributed by atoms with Gasteiger partial charge in [0, 0.05) is 22.3 Å². The Balaban J connectivity index is 1.70. The molecule has 0 bridgehead atoms. The van der Waals surface area contributed by atoms with Crippen LogP contribution >= 0.6 is 0 Å². The van der Waals surface area contributed by atoms with Gasteiger partial charge in [-0.1, -0.05) is 109 Å². The fraction of sp³-hybridized carbons (Fsp3) is 0. The molecule has 36 heavy (non-hydrogen) atoms. The maximum Gasteiger partial charge on any atom is 0.417 e. The van der Waals surface area contributed by atoms with E-state index in [1.807, 2.05) is 84.9 Å². The average Bonchev–Trinajstić information content (AvgIpc) is 3.09. The first-order valence-corrected chi connectivity index (χ1v) is 12.8. The van der Waals surface area contributed by atoms with Crippen LogP contribution in [0, 0.1) is 0 Å². The molecule has 0 amide bonds. The molecule has 1 heterocycles. The Labute approximate surface area is 211 Å². The van der Waals surface area contributed by atoms with E-state index in [-0.39, 0.29) is 0 Å². The van der Waals surface area contributed by atoms with Crippen LogP contribution in [0.4, 0.5) is 0 Å². The van der Waals surface area contributed by atoms with Crippen LogP contribution in [0.5, 0.6) is 11.5 Å². The smallest absolute Gasteiger partial charge is 0.370 e. The third-order valence-corrected chi connectivity index (χ3v) is 7.33. The van der Waals surface area contributed by atoms with Gasteiger partial charge in [-0.15, -0.1) is 0 Å². The van der Waals surface area contributed by atoms with E-state index in [0.717, 1.165) is 54.9 Å². The zero-order chi connectivity index (χ0) is 24.1. The van der Waals surface area contributed by atoms with E-state index in [0.29, 0.717) is 11.5 Å². The van der Waals surface area contributed by atoms with Gasteiger partial charge >= 0.3 is 11.4 Å². The number of hydrogen-bond acceptors (Lipinski definition) is 3. The molecule has 0 aliphatic carbocycles. The van der Waals surface area contributed by atoms with Crippen LogP contribution in [-0.2, 0) is 11.4 Å². The molecule has 0 saturated carbocycles. The zero-order valence-electron chi connectivity index (χ0n) is 19.2. The summed E-state index contributed by atoms with van der Waals surface area (Å²) >= 11 is -2.03. The molecule has 0 spiro atoms. The van der Waals surface area contributed by atoms with Crippen molar-refractivity contribution in [2.75, 3.05) is 0 Å². The Morgan fingerprint density at radius 3 is 1.31 bits per heavy atom. The van der Waals surface area contributed by atoms with Gasteiger partial charge in [-0.25, -0.2) is 0 Å². The number of benzene rings is 6. The van der Waals surface area contributed by atoms with Crippen molar-refractivity contribution < 1.29 is 12.6 Å². The molecule has 1 aliphatic rings. The molecule has 0 aromatic heterocycles. The largest absolute Gasteiger partial charge is 0.417 e. The molecular formula is C32H20O3S. The standard InChI is InChI=1S/C32H20O3S/c33-36-34-31-27(21-11-3-1-4-12-21)19-23-15-7-9-17-25(23)29(31)30-26-18-10-8-16-24(26)20-28(32(30)35-36)22-13-5-2-6-14-22/h1-20H. The maximum atomic E-state index is 13.3. The molecule has 0 N–H and O–H groups in total. The molecule has 1 aliphatic heterocycles. The molecule has 6 aromatic carbocycles. The van der Waals surface area contributed by atoms with Crippen molar-refractivity contribution >= 4 is 32.9 Å².